The van der Waals surface area contributed by atoms with Crippen LogP contribution in [0.5, 0.6) is 0 Å². The van der Waals surface area contributed by atoms with Crippen molar-refractivity contribution in [2.75, 3.05) is 19.6 Å². The number of nitrogens with one attached hydrogen (secondary N) is 3. The van der Waals surface area contributed by atoms with Gasteiger partial charge in [0, 0.05) is 12.1 Å². The van der Waals surface area contributed by atoms with Gasteiger partial charge in [-0.15, -0.1) is 0 Å². The van der Waals surface area contributed by atoms with Gasteiger partial charge in [0.2, 0.25) is 5.91 Å². The molecule has 1 fully saturated rings. The molecule has 0 spiro atoms. The molecule has 20 heavy (non-hydrogen) atoms. The van der Waals surface area contributed by atoms with Crippen molar-refractivity contribution < 1.29 is 9.18 Å². The normalized spacial score (nSPS) is 23.6. The van der Waals surface area contributed by atoms with Crippen LogP contribution in [0.15, 0.2) is 24.3 Å². The Bertz CT molecular complexity index is 455. The van der Waals surface area contributed by atoms with Gasteiger partial charge in [0.1, 0.15) is 5.82 Å². The van der Waals surface area contributed by atoms with E-state index in [4.69, 9.17) is 0 Å². The fourth-order valence-electron chi connectivity index (χ4n) is 2.39. The van der Waals surface area contributed by atoms with Crippen LogP contribution in [0.4, 0.5) is 4.39 Å². The van der Waals surface area contributed by atoms with Crippen molar-refractivity contribution in [2.24, 2.45) is 0 Å². The Kier molecular flexibility index (Phi) is 4.73. The summed E-state index contributed by atoms with van der Waals surface area (Å²) in [6, 6.07) is 6.06. The summed E-state index contributed by atoms with van der Waals surface area (Å²) in [7, 11) is 0. The number of hydrogen-bond donors (Lipinski definition) is 3. The third kappa shape index (κ3) is 4.02. The van der Waals surface area contributed by atoms with Crippen LogP contribution in [0, 0.1) is 5.82 Å². The van der Waals surface area contributed by atoms with E-state index in [1.807, 2.05) is 6.92 Å². The molecule has 3 N–H and O–H groups in total. The molecule has 4 nitrogen and oxygen atoms in total. The molecule has 0 saturated carbocycles. The predicted octanol–water partition coefficient (Wildman–Crippen LogP) is 1.34. The minimum absolute atomic E-state index is 0.00352. The lowest BCUT2D eigenvalue weighted by Gasteiger charge is -2.24. The maximum atomic E-state index is 12.8. The van der Waals surface area contributed by atoms with E-state index in [1.54, 1.807) is 12.1 Å². The Balaban J connectivity index is 1.80. The van der Waals surface area contributed by atoms with E-state index < -0.39 is 0 Å². The third-order valence-corrected chi connectivity index (χ3v) is 3.79. The van der Waals surface area contributed by atoms with Crippen LogP contribution in [0.3, 0.4) is 0 Å². The molecule has 0 aromatic heterocycles. The van der Waals surface area contributed by atoms with Crippen molar-refractivity contribution in [1.29, 1.82) is 0 Å². The van der Waals surface area contributed by atoms with E-state index in [0.29, 0.717) is 6.54 Å². The quantitative estimate of drug-likeness (QED) is 0.762. The molecule has 5 heteroatoms. The summed E-state index contributed by atoms with van der Waals surface area (Å²) in [5.74, 6) is -0.314. The molecule has 2 rings (SSSR count). The van der Waals surface area contributed by atoms with Crippen LogP contribution >= 0.6 is 0 Å². The van der Waals surface area contributed by atoms with Crippen molar-refractivity contribution in [3.63, 3.8) is 0 Å². The summed E-state index contributed by atoms with van der Waals surface area (Å²) in [5.41, 5.74) is 0.893. The SMILES string of the molecule is CC(NC(=O)CNC1(C)CCNC1)c1ccc(F)cc1. The first kappa shape index (κ1) is 14.9. The van der Waals surface area contributed by atoms with Gasteiger partial charge < -0.3 is 16.0 Å². The molecular formula is C15H22FN3O. The van der Waals surface area contributed by atoms with Crippen LogP contribution in [-0.4, -0.2) is 31.1 Å². The summed E-state index contributed by atoms with van der Waals surface area (Å²) >= 11 is 0. The number of halogens is 1. The molecule has 0 aliphatic carbocycles. The minimum Gasteiger partial charge on any atom is -0.348 e. The van der Waals surface area contributed by atoms with Crippen molar-refractivity contribution in [3.05, 3.63) is 35.6 Å². The van der Waals surface area contributed by atoms with E-state index in [9.17, 15) is 9.18 Å². The largest absolute Gasteiger partial charge is 0.348 e. The van der Waals surface area contributed by atoms with Gasteiger partial charge >= 0.3 is 0 Å². The average Bonchev–Trinajstić information content (AvgIpc) is 2.85. The monoisotopic (exact) mass is 279 g/mol. The molecule has 0 radical (unpaired) electrons. The molecule has 2 atom stereocenters. The van der Waals surface area contributed by atoms with Crippen molar-refractivity contribution in [2.45, 2.75) is 31.8 Å². The van der Waals surface area contributed by atoms with Gasteiger partial charge in [0.25, 0.3) is 0 Å². The van der Waals surface area contributed by atoms with Crippen LogP contribution < -0.4 is 16.0 Å². The number of benzene rings is 1. The first-order chi connectivity index (χ1) is 9.48. The first-order valence-corrected chi connectivity index (χ1v) is 6.99. The Morgan fingerprint density at radius 2 is 2.15 bits per heavy atom. The summed E-state index contributed by atoms with van der Waals surface area (Å²) < 4.78 is 12.8. The van der Waals surface area contributed by atoms with Gasteiger partial charge in [-0.3, -0.25) is 4.79 Å². The molecule has 2 unspecified atom stereocenters. The topological polar surface area (TPSA) is 53.2 Å². The van der Waals surface area contributed by atoms with E-state index in [1.165, 1.54) is 12.1 Å². The van der Waals surface area contributed by atoms with Gasteiger partial charge in [0.15, 0.2) is 0 Å². The second-order valence-electron chi connectivity index (χ2n) is 5.68. The first-order valence-electron chi connectivity index (χ1n) is 6.99. The Labute approximate surface area is 119 Å². The summed E-state index contributed by atoms with van der Waals surface area (Å²) in [6.07, 6.45) is 1.02. The van der Waals surface area contributed by atoms with Crippen LogP contribution in [-0.2, 0) is 4.79 Å². The lowest BCUT2D eigenvalue weighted by atomic mass is 10.0. The molecule has 110 valence electrons. The zero-order chi connectivity index (χ0) is 14.6. The van der Waals surface area contributed by atoms with Crippen LogP contribution in [0.1, 0.15) is 31.9 Å². The summed E-state index contributed by atoms with van der Waals surface area (Å²) in [6.45, 7) is 6.17. The lowest BCUT2D eigenvalue weighted by Crippen LogP contribution is -2.48. The number of rotatable bonds is 5. The Morgan fingerprint density at radius 3 is 2.75 bits per heavy atom. The van der Waals surface area contributed by atoms with E-state index in [0.717, 1.165) is 25.1 Å². The van der Waals surface area contributed by atoms with Crippen molar-refractivity contribution in [3.8, 4) is 0 Å². The number of hydrogen-bond acceptors (Lipinski definition) is 3. The molecule has 1 heterocycles. The fourth-order valence-corrected chi connectivity index (χ4v) is 2.39. The average molecular weight is 279 g/mol. The van der Waals surface area contributed by atoms with Gasteiger partial charge in [-0.25, -0.2) is 4.39 Å². The number of carbonyl (C=O) groups is 1. The van der Waals surface area contributed by atoms with Gasteiger partial charge in [0.05, 0.1) is 12.6 Å². The smallest absolute Gasteiger partial charge is 0.234 e. The van der Waals surface area contributed by atoms with Crippen molar-refractivity contribution >= 4 is 5.91 Å². The molecule has 1 aliphatic heterocycles. The highest BCUT2D eigenvalue weighted by Gasteiger charge is 2.28. The molecule has 1 amide bonds. The molecule has 1 aromatic carbocycles. The fraction of sp³-hybridized carbons (Fsp3) is 0.533. The lowest BCUT2D eigenvalue weighted by molar-refractivity contribution is -0.121. The molecular weight excluding hydrogens is 257 g/mol. The maximum Gasteiger partial charge on any atom is 0.234 e. The van der Waals surface area contributed by atoms with Crippen molar-refractivity contribution in [1.82, 2.24) is 16.0 Å². The van der Waals surface area contributed by atoms with Gasteiger partial charge in [-0.1, -0.05) is 12.1 Å². The highest BCUT2D eigenvalue weighted by atomic mass is 19.1. The molecule has 0 bridgehead atoms. The molecule has 1 aliphatic rings. The molecule has 1 saturated heterocycles. The number of amides is 1. The van der Waals surface area contributed by atoms with E-state index >= 15 is 0 Å². The van der Waals surface area contributed by atoms with Gasteiger partial charge in [-0.2, -0.15) is 0 Å². The Morgan fingerprint density at radius 1 is 1.45 bits per heavy atom. The zero-order valence-corrected chi connectivity index (χ0v) is 12.0. The predicted molar refractivity (Wildman–Crippen MR) is 76.9 cm³/mol. The standard InChI is InChI=1S/C15H22FN3O/c1-11(12-3-5-13(16)6-4-12)19-14(20)9-18-15(2)7-8-17-10-15/h3-6,11,17-18H,7-10H2,1-2H3,(H,19,20). The molecule has 1 aromatic rings. The third-order valence-electron chi connectivity index (χ3n) is 3.79. The minimum atomic E-state index is -0.268. The highest BCUT2D eigenvalue weighted by Crippen LogP contribution is 2.14. The van der Waals surface area contributed by atoms with E-state index in [-0.39, 0.29) is 23.3 Å². The van der Waals surface area contributed by atoms with Crippen LogP contribution in [0.2, 0.25) is 0 Å². The summed E-state index contributed by atoms with van der Waals surface area (Å²) in [5, 5.41) is 9.48. The number of carbonyl (C=O) groups excluding carboxylic acids is 1. The van der Waals surface area contributed by atoms with Gasteiger partial charge in [-0.05, 0) is 44.5 Å². The Hall–Kier alpha value is -1.46. The van der Waals surface area contributed by atoms with E-state index in [2.05, 4.69) is 22.9 Å². The van der Waals surface area contributed by atoms with Crippen LogP contribution in [0.25, 0.3) is 0 Å². The second kappa shape index (κ2) is 6.33. The highest BCUT2D eigenvalue weighted by molar-refractivity contribution is 5.78. The zero-order valence-electron chi connectivity index (χ0n) is 12.0. The maximum absolute atomic E-state index is 12.8. The second-order valence-corrected chi connectivity index (χ2v) is 5.68. The summed E-state index contributed by atoms with van der Waals surface area (Å²) in [4.78, 5) is 11.9.